The van der Waals surface area contributed by atoms with Crippen molar-refractivity contribution in [2.45, 2.75) is 13.0 Å². The number of fused-ring (bicyclic) bond motifs is 1. The van der Waals surface area contributed by atoms with Crippen LogP contribution in [-0.4, -0.2) is 27.8 Å². The number of halogens is 3. The van der Waals surface area contributed by atoms with Gasteiger partial charge in [0.25, 0.3) is 11.9 Å². The zero-order valence-electron chi connectivity index (χ0n) is 19.3. The summed E-state index contributed by atoms with van der Waals surface area (Å²) in [6, 6.07) is 18.4. The van der Waals surface area contributed by atoms with E-state index in [2.05, 4.69) is 20.7 Å². The third-order valence-electron chi connectivity index (χ3n) is 5.70. The van der Waals surface area contributed by atoms with Crippen molar-refractivity contribution in [2.24, 2.45) is 0 Å². The summed E-state index contributed by atoms with van der Waals surface area (Å²) in [5.74, 6) is 0.208. The lowest BCUT2D eigenvalue weighted by Gasteiger charge is -2.25. The summed E-state index contributed by atoms with van der Waals surface area (Å²) in [4.78, 5) is 17.2. The summed E-state index contributed by atoms with van der Waals surface area (Å²) in [7, 11) is 1.55. The van der Waals surface area contributed by atoms with E-state index in [1.165, 1.54) is 10.7 Å². The molecule has 1 atom stereocenters. The number of hydrogen-bond donors (Lipinski definition) is 2. The van der Waals surface area contributed by atoms with Crippen LogP contribution in [-0.2, 0) is 0 Å². The second-order valence-electron chi connectivity index (χ2n) is 8.04. The van der Waals surface area contributed by atoms with Crippen molar-refractivity contribution in [1.82, 2.24) is 14.8 Å². The maximum absolute atomic E-state index is 14.9. The number of carbonyl (C=O) groups excluding carboxylic acids is 1. The predicted molar refractivity (Wildman–Crippen MR) is 141 cm³/mol. The van der Waals surface area contributed by atoms with Crippen LogP contribution in [0.1, 0.15) is 33.1 Å². The first-order valence-corrected chi connectivity index (χ1v) is 11.2. The summed E-state index contributed by atoms with van der Waals surface area (Å²) in [5, 5.41) is 10.7. The van der Waals surface area contributed by atoms with Crippen LogP contribution in [0, 0.1) is 12.7 Å². The molecule has 10 heteroatoms. The highest BCUT2D eigenvalue weighted by Crippen LogP contribution is 2.37. The zero-order valence-corrected chi connectivity index (χ0v) is 20.9. The average Bonchev–Trinajstić information content (AvgIpc) is 3.26. The Labute approximate surface area is 218 Å². The van der Waals surface area contributed by atoms with Gasteiger partial charge in [-0.15, -0.1) is 17.5 Å². The van der Waals surface area contributed by atoms with E-state index in [1.54, 1.807) is 43.5 Å². The number of benzene rings is 3. The maximum Gasteiger partial charge on any atom is 0.258 e. The first-order valence-electron chi connectivity index (χ1n) is 10.8. The van der Waals surface area contributed by atoms with Crippen LogP contribution in [0.15, 0.2) is 72.8 Å². The van der Waals surface area contributed by atoms with Crippen molar-refractivity contribution < 1.29 is 13.9 Å². The Morgan fingerprint density at radius 2 is 1.83 bits per heavy atom. The lowest BCUT2D eigenvalue weighted by atomic mass is 10.0. The molecule has 3 aromatic carbocycles. The van der Waals surface area contributed by atoms with Crippen molar-refractivity contribution >= 4 is 47.5 Å². The van der Waals surface area contributed by atoms with Crippen LogP contribution >= 0.6 is 24.0 Å². The van der Waals surface area contributed by atoms with Gasteiger partial charge in [0, 0.05) is 21.8 Å². The van der Waals surface area contributed by atoms with E-state index in [0.29, 0.717) is 17.3 Å². The molecule has 7 nitrogen and oxygen atoms in total. The number of aryl methyl sites for hydroxylation is 1. The number of anilines is 2. The third kappa shape index (κ3) is 4.91. The second kappa shape index (κ2) is 10.4. The standard InChI is InChI=1S/C26H21ClFN5O2.ClH/c1-15-6-8-16(9-7-15)21-14-22(23-19(27)4-3-5-20(23)28)33-26(29-21)31-25(32-33)30-24(34)17-10-12-18(35-2)13-11-17;/h3-14,22H,1-2H3,(H2,29,30,31,32,34);1H. The number of amides is 1. The topological polar surface area (TPSA) is 81.1 Å². The summed E-state index contributed by atoms with van der Waals surface area (Å²) < 4.78 is 21.6. The van der Waals surface area contributed by atoms with Gasteiger partial charge in [0.2, 0.25) is 5.95 Å². The SMILES string of the molecule is COc1ccc(C(=O)Nc2nc3n(n2)C(c2c(F)cccc2Cl)C=C(c2ccc(C)cc2)N3)cc1.Cl. The molecule has 0 bridgehead atoms. The molecule has 2 N–H and O–H groups in total. The normalized spacial score (nSPS) is 14.1. The van der Waals surface area contributed by atoms with Gasteiger partial charge >= 0.3 is 0 Å². The Morgan fingerprint density at radius 1 is 1.11 bits per heavy atom. The molecule has 0 fully saturated rings. The highest BCUT2D eigenvalue weighted by molar-refractivity contribution is 6.31. The molecule has 1 aliphatic rings. The summed E-state index contributed by atoms with van der Waals surface area (Å²) in [5.41, 5.74) is 3.41. The molecular weight excluding hydrogens is 504 g/mol. The molecule has 0 aliphatic carbocycles. The first-order chi connectivity index (χ1) is 16.9. The number of nitrogens with one attached hydrogen (secondary N) is 2. The Hall–Kier alpha value is -3.88. The first kappa shape index (κ1) is 25.2. The van der Waals surface area contributed by atoms with Gasteiger partial charge < -0.3 is 10.1 Å². The van der Waals surface area contributed by atoms with E-state index in [9.17, 15) is 9.18 Å². The van der Waals surface area contributed by atoms with E-state index in [4.69, 9.17) is 16.3 Å². The monoisotopic (exact) mass is 525 g/mol. The number of nitrogens with zero attached hydrogens (tertiary/aromatic N) is 3. The molecule has 1 aliphatic heterocycles. The number of rotatable bonds is 5. The molecule has 0 radical (unpaired) electrons. The molecule has 1 unspecified atom stereocenters. The van der Waals surface area contributed by atoms with Crippen LogP contribution in [0.2, 0.25) is 5.02 Å². The van der Waals surface area contributed by atoms with Gasteiger partial charge in [0.05, 0.1) is 7.11 Å². The highest BCUT2D eigenvalue weighted by atomic mass is 35.5. The highest BCUT2D eigenvalue weighted by Gasteiger charge is 2.29. The molecule has 0 spiro atoms. The molecule has 2 heterocycles. The van der Waals surface area contributed by atoms with Crippen molar-refractivity contribution in [3.63, 3.8) is 0 Å². The Bertz CT molecular complexity index is 1420. The summed E-state index contributed by atoms with van der Waals surface area (Å²) in [6.45, 7) is 2.00. The largest absolute Gasteiger partial charge is 0.497 e. The molecular formula is C26H22Cl2FN5O2. The quantitative estimate of drug-likeness (QED) is 0.328. The molecule has 5 rings (SSSR count). The van der Waals surface area contributed by atoms with Crippen molar-refractivity contribution in [3.05, 3.63) is 106 Å². The Kier molecular flexibility index (Phi) is 7.28. The van der Waals surface area contributed by atoms with Crippen molar-refractivity contribution in [1.29, 1.82) is 0 Å². The number of ether oxygens (including phenoxy) is 1. The van der Waals surface area contributed by atoms with Crippen molar-refractivity contribution in [3.8, 4) is 5.75 Å². The number of aromatic nitrogens is 3. The van der Waals surface area contributed by atoms with Crippen LogP contribution in [0.5, 0.6) is 5.75 Å². The van der Waals surface area contributed by atoms with Crippen molar-refractivity contribution in [2.75, 3.05) is 17.7 Å². The Morgan fingerprint density at radius 3 is 2.50 bits per heavy atom. The molecule has 1 amide bonds. The summed E-state index contributed by atoms with van der Waals surface area (Å²) >= 11 is 6.41. The van der Waals surface area contributed by atoms with Crippen LogP contribution in [0.4, 0.5) is 16.3 Å². The summed E-state index contributed by atoms with van der Waals surface area (Å²) in [6.07, 6.45) is 1.84. The second-order valence-corrected chi connectivity index (χ2v) is 8.44. The van der Waals surface area contributed by atoms with Gasteiger partial charge in [-0.2, -0.15) is 4.98 Å². The molecule has 1 aromatic heterocycles. The zero-order chi connectivity index (χ0) is 24.5. The smallest absolute Gasteiger partial charge is 0.258 e. The lowest BCUT2D eigenvalue weighted by Crippen LogP contribution is -2.21. The maximum atomic E-state index is 14.9. The molecule has 36 heavy (non-hydrogen) atoms. The average molecular weight is 526 g/mol. The number of hydrogen-bond acceptors (Lipinski definition) is 5. The molecule has 4 aromatic rings. The van der Waals surface area contributed by atoms with E-state index in [0.717, 1.165) is 16.8 Å². The van der Waals surface area contributed by atoms with E-state index < -0.39 is 11.9 Å². The molecule has 0 saturated carbocycles. The van der Waals surface area contributed by atoms with Gasteiger partial charge in [-0.05, 0) is 55.0 Å². The van der Waals surface area contributed by atoms with Crippen LogP contribution in [0.25, 0.3) is 5.70 Å². The lowest BCUT2D eigenvalue weighted by molar-refractivity contribution is 0.102. The molecule has 0 saturated heterocycles. The van der Waals surface area contributed by atoms with Gasteiger partial charge in [-0.25, -0.2) is 9.07 Å². The fourth-order valence-electron chi connectivity index (χ4n) is 3.86. The predicted octanol–water partition coefficient (Wildman–Crippen LogP) is 6.12. The third-order valence-corrected chi connectivity index (χ3v) is 6.03. The van der Waals surface area contributed by atoms with E-state index in [1.807, 2.05) is 37.3 Å². The fourth-order valence-corrected chi connectivity index (χ4v) is 4.14. The fraction of sp³-hybridized carbons (Fsp3) is 0.115. The number of carbonyl (C=O) groups is 1. The van der Waals surface area contributed by atoms with Crippen LogP contribution in [0.3, 0.4) is 0 Å². The van der Waals surface area contributed by atoms with Gasteiger partial charge in [-0.3, -0.25) is 10.1 Å². The van der Waals surface area contributed by atoms with Gasteiger partial charge in [0.15, 0.2) is 0 Å². The Balaban J connectivity index is 0.00000304. The number of allylic oxidation sites excluding steroid dienone is 1. The minimum atomic E-state index is -0.685. The number of methoxy groups -OCH3 is 1. The van der Waals surface area contributed by atoms with Gasteiger partial charge in [0.1, 0.15) is 17.6 Å². The molecule has 184 valence electrons. The van der Waals surface area contributed by atoms with Crippen LogP contribution < -0.4 is 15.4 Å². The van der Waals surface area contributed by atoms with Gasteiger partial charge in [-0.1, -0.05) is 47.5 Å². The minimum absolute atomic E-state index is 0. The minimum Gasteiger partial charge on any atom is -0.497 e. The van der Waals surface area contributed by atoms with E-state index >= 15 is 0 Å². The van der Waals surface area contributed by atoms with E-state index in [-0.39, 0.29) is 34.8 Å².